The lowest BCUT2D eigenvalue weighted by atomic mass is 10.1. The Morgan fingerprint density at radius 2 is 1.91 bits per heavy atom. The number of esters is 1. The van der Waals surface area contributed by atoms with Crippen LogP contribution in [0.25, 0.3) is 10.9 Å². The van der Waals surface area contributed by atoms with E-state index in [9.17, 15) is 4.79 Å². The van der Waals surface area contributed by atoms with Gasteiger partial charge in [-0.1, -0.05) is 59.9 Å². The number of carbonyl (C=O) groups is 1. The first kappa shape index (κ1) is 23.2. The summed E-state index contributed by atoms with van der Waals surface area (Å²) in [5, 5.41) is 5.67. The van der Waals surface area contributed by atoms with E-state index in [4.69, 9.17) is 19.2 Å². The molecule has 1 aliphatic heterocycles. The van der Waals surface area contributed by atoms with Crippen molar-refractivity contribution in [3.05, 3.63) is 87.2 Å². The third kappa shape index (κ3) is 4.97. The van der Waals surface area contributed by atoms with E-state index in [1.807, 2.05) is 72.2 Å². The van der Waals surface area contributed by atoms with E-state index >= 15 is 0 Å². The lowest BCUT2D eigenvalue weighted by Gasteiger charge is -2.14. The van der Waals surface area contributed by atoms with E-state index in [1.165, 1.54) is 11.3 Å². The minimum Gasteiger partial charge on any atom is -0.462 e. The summed E-state index contributed by atoms with van der Waals surface area (Å²) in [5.41, 5.74) is 6.63. The average Bonchev–Trinajstić information content (AvgIpc) is 3.52. The maximum atomic E-state index is 12.6. The summed E-state index contributed by atoms with van der Waals surface area (Å²) >= 11 is 1.28. The van der Waals surface area contributed by atoms with Gasteiger partial charge in [0.15, 0.2) is 12.1 Å². The van der Waals surface area contributed by atoms with Crippen LogP contribution in [-0.2, 0) is 20.8 Å². The summed E-state index contributed by atoms with van der Waals surface area (Å²) in [6.07, 6.45) is -0.513. The van der Waals surface area contributed by atoms with Crippen molar-refractivity contribution in [2.24, 2.45) is 5.10 Å². The molecule has 2 aromatic carbocycles. The molecule has 9 heteroatoms. The second kappa shape index (κ2) is 10.4. The van der Waals surface area contributed by atoms with Crippen LogP contribution in [0, 0.1) is 6.92 Å². The molecule has 2 aromatic heterocycles. The molecule has 0 saturated carbocycles. The number of para-hydroxylation sites is 1. The van der Waals surface area contributed by atoms with Gasteiger partial charge in [-0.25, -0.2) is 9.78 Å². The molecule has 3 heterocycles. The molecule has 1 saturated heterocycles. The highest BCUT2D eigenvalue weighted by molar-refractivity contribution is 7.11. The highest BCUT2D eigenvalue weighted by Crippen LogP contribution is 2.31. The minimum absolute atomic E-state index is 0.311. The zero-order valence-corrected chi connectivity index (χ0v) is 20.4. The SMILES string of the molecule is CCOC(=O)c1s/c(=N\Nc2nc3ccccc3cc2C2OCCO2)n(Cc2ccccc2)c1C. The van der Waals surface area contributed by atoms with Crippen molar-refractivity contribution in [3.8, 4) is 0 Å². The highest BCUT2D eigenvalue weighted by Gasteiger charge is 2.23. The molecular weight excluding hydrogens is 464 g/mol. The van der Waals surface area contributed by atoms with Crippen molar-refractivity contribution in [1.29, 1.82) is 0 Å². The molecule has 35 heavy (non-hydrogen) atoms. The predicted octanol–water partition coefficient (Wildman–Crippen LogP) is 4.60. The zero-order valence-electron chi connectivity index (χ0n) is 19.6. The van der Waals surface area contributed by atoms with Crippen molar-refractivity contribution in [3.63, 3.8) is 0 Å². The molecule has 0 aliphatic carbocycles. The Hall–Kier alpha value is -3.53. The number of aromatic nitrogens is 2. The minimum atomic E-state index is -0.513. The van der Waals surface area contributed by atoms with Gasteiger partial charge in [0.05, 0.1) is 37.4 Å². The van der Waals surface area contributed by atoms with Gasteiger partial charge in [0.25, 0.3) is 0 Å². The molecule has 8 nitrogen and oxygen atoms in total. The predicted molar refractivity (Wildman–Crippen MR) is 134 cm³/mol. The Labute approximate surface area is 206 Å². The second-order valence-electron chi connectivity index (χ2n) is 8.01. The molecule has 0 amide bonds. The lowest BCUT2D eigenvalue weighted by molar-refractivity contribution is -0.0436. The largest absolute Gasteiger partial charge is 0.462 e. The molecule has 4 aromatic rings. The molecule has 0 unspecified atom stereocenters. The Balaban J connectivity index is 1.57. The third-order valence-electron chi connectivity index (χ3n) is 5.69. The van der Waals surface area contributed by atoms with Crippen LogP contribution in [0.3, 0.4) is 0 Å². The van der Waals surface area contributed by atoms with Crippen molar-refractivity contribution in [1.82, 2.24) is 9.55 Å². The van der Waals surface area contributed by atoms with Crippen LogP contribution in [0.15, 0.2) is 65.8 Å². The number of thiazole rings is 1. The van der Waals surface area contributed by atoms with E-state index in [2.05, 4.69) is 10.5 Å². The van der Waals surface area contributed by atoms with Crippen molar-refractivity contribution < 1.29 is 19.0 Å². The van der Waals surface area contributed by atoms with Crippen LogP contribution in [0.5, 0.6) is 0 Å². The van der Waals surface area contributed by atoms with Crippen molar-refractivity contribution in [2.45, 2.75) is 26.7 Å². The summed E-state index contributed by atoms with van der Waals surface area (Å²) < 4.78 is 18.8. The van der Waals surface area contributed by atoms with Gasteiger partial charge in [0.1, 0.15) is 4.88 Å². The van der Waals surface area contributed by atoms with Crippen LogP contribution in [0.1, 0.15) is 39.7 Å². The number of pyridine rings is 1. The zero-order chi connectivity index (χ0) is 24.2. The topological polar surface area (TPSA) is 87.0 Å². The average molecular weight is 491 g/mol. The number of hydrogen-bond acceptors (Lipinski definition) is 8. The normalized spacial score (nSPS) is 14.5. The monoisotopic (exact) mass is 490 g/mol. The highest BCUT2D eigenvalue weighted by atomic mass is 32.1. The Morgan fingerprint density at radius 1 is 1.17 bits per heavy atom. The molecular formula is C26H26N4O4S. The molecule has 5 rings (SSSR count). The molecule has 0 bridgehead atoms. The summed E-state index contributed by atoms with van der Waals surface area (Å²) in [6.45, 7) is 5.63. The number of nitrogens with zero attached hydrogens (tertiary/aromatic N) is 3. The van der Waals surface area contributed by atoms with Gasteiger partial charge >= 0.3 is 5.97 Å². The Morgan fingerprint density at radius 3 is 2.69 bits per heavy atom. The first-order valence-electron chi connectivity index (χ1n) is 11.5. The van der Waals surface area contributed by atoms with Gasteiger partial charge in [-0.05, 0) is 31.5 Å². The number of ether oxygens (including phenoxy) is 3. The van der Waals surface area contributed by atoms with Gasteiger partial charge in [-0.2, -0.15) is 0 Å². The van der Waals surface area contributed by atoms with Gasteiger partial charge in [0.2, 0.25) is 4.80 Å². The standard InChI is InChI=1S/C26H26N4O4S/c1-3-32-24(31)22-17(2)30(16-18-9-5-4-6-10-18)26(35-22)29-28-23-20(25-33-13-14-34-25)15-19-11-7-8-12-21(19)27-23/h4-12,15,25H,3,13-14,16H2,1-2H3,(H,27,28)/b29-26-. The summed E-state index contributed by atoms with van der Waals surface area (Å²) in [4.78, 5) is 18.5. The number of anilines is 1. The van der Waals surface area contributed by atoms with E-state index in [1.54, 1.807) is 6.92 Å². The number of hydrogen-bond donors (Lipinski definition) is 1. The third-order valence-corrected chi connectivity index (χ3v) is 6.85. The van der Waals surface area contributed by atoms with Crippen LogP contribution in [-0.4, -0.2) is 35.3 Å². The second-order valence-corrected chi connectivity index (χ2v) is 8.98. The first-order valence-corrected chi connectivity index (χ1v) is 12.3. The maximum absolute atomic E-state index is 12.6. The number of fused-ring (bicyclic) bond motifs is 1. The van der Waals surface area contributed by atoms with Gasteiger partial charge < -0.3 is 18.8 Å². The Bertz CT molecular complexity index is 1410. The number of nitrogens with one attached hydrogen (secondary N) is 1. The maximum Gasteiger partial charge on any atom is 0.350 e. The van der Waals surface area contributed by atoms with E-state index in [0.29, 0.717) is 41.9 Å². The van der Waals surface area contributed by atoms with Crippen LogP contribution in [0.2, 0.25) is 0 Å². The van der Waals surface area contributed by atoms with Gasteiger partial charge in [0, 0.05) is 11.1 Å². The molecule has 1 N–H and O–H groups in total. The fourth-order valence-corrected chi connectivity index (χ4v) is 4.93. The van der Waals surface area contributed by atoms with E-state index in [-0.39, 0.29) is 5.97 Å². The first-order chi connectivity index (χ1) is 17.1. The summed E-state index contributed by atoms with van der Waals surface area (Å²) in [5.74, 6) is 0.195. The fourth-order valence-electron chi connectivity index (χ4n) is 3.95. The quantitative estimate of drug-likeness (QED) is 0.301. The molecule has 0 spiro atoms. The Kier molecular flexibility index (Phi) is 6.89. The molecule has 180 valence electrons. The van der Waals surface area contributed by atoms with Crippen LogP contribution in [0.4, 0.5) is 5.82 Å². The number of rotatable bonds is 7. The van der Waals surface area contributed by atoms with Gasteiger partial charge in [-0.3, -0.25) is 5.43 Å². The van der Waals surface area contributed by atoms with Crippen LogP contribution >= 0.6 is 11.3 Å². The fraction of sp³-hybridized carbons (Fsp3) is 0.269. The number of benzene rings is 2. The van der Waals surface area contributed by atoms with Crippen molar-refractivity contribution >= 4 is 34.0 Å². The van der Waals surface area contributed by atoms with Crippen LogP contribution < -0.4 is 10.2 Å². The summed E-state index contributed by atoms with van der Waals surface area (Å²) in [7, 11) is 0. The van der Waals surface area contributed by atoms with E-state index in [0.717, 1.165) is 27.7 Å². The molecule has 0 radical (unpaired) electrons. The molecule has 0 atom stereocenters. The smallest absolute Gasteiger partial charge is 0.350 e. The van der Waals surface area contributed by atoms with Crippen molar-refractivity contribution in [2.75, 3.05) is 25.2 Å². The number of carbonyl (C=O) groups excluding carboxylic acids is 1. The van der Waals surface area contributed by atoms with E-state index < -0.39 is 6.29 Å². The lowest BCUT2D eigenvalue weighted by Crippen LogP contribution is -2.19. The summed E-state index contributed by atoms with van der Waals surface area (Å²) in [6, 6.07) is 19.9. The molecule has 1 fully saturated rings. The van der Waals surface area contributed by atoms with Gasteiger partial charge in [-0.15, -0.1) is 5.10 Å². The molecule has 1 aliphatic rings.